The number of benzene rings is 1. The molecule has 2 aromatic heterocycles. The van der Waals surface area contributed by atoms with E-state index in [9.17, 15) is 14.4 Å². The standard InChI is InChI=1S/C29H28N2O7S3/c1-3-36-28(34)25-19-8-4-5-9-22(19)40-26(25)30-24(32)16-38-20-11-10-17(13-21(20)35-2)14-23-27(33)31(29(39)41-23)15-18-7-6-12-37-18/h6-7,10-14H,3-5,8-9,15-16H2,1-2H3,(H,30,32)/b23-14-. The molecule has 0 bridgehead atoms. The lowest BCUT2D eigenvalue weighted by Gasteiger charge is -2.13. The molecule has 41 heavy (non-hydrogen) atoms. The van der Waals surface area contributed by atoms with Gasteiger partial charge in [-0.25, -0.2) is 4.79 Å². The van der Waals surface area contributed by atoms with E-state index in [1.165, 1.54) is 35.1 Å². The van der Waals surface area contributed by atoms with Crippen molar-refractivity contribution in [3.8, 4) is 11.5 Å². The van der Waals surface area contributed by atoms with E-state index in [-0.39, 0.29) is 25.7 Å². The summed E-state index contributed by atoms with van der Waals surface area (Å²) in [4.78, 5) is 41.5. The average molecular weight is 613 g/mol. The van der Waals surface area contributed by atoms with E-state index >= 15 is 0 Å². The molecule has 1 N–H and O–H groups in total. The van der Waals surface area contributed by atoms with E-state index in [1.807, 2.05) is 0 Å². The van der Waals surface area contributed by atoms with Gasteiger partial charge in [-0.15, -0.1) is 11.3 Å². The Bertz CT molecular complexity index is 1510. The summed E-state index contributed by atoms with van der Waals surface area (Å²) < 4.78 is 22.3. The minimum atomic E-state index is -0.418. The Balaban J connectivity index is 1.25. The second-order valence-electron chi connectivity index (χ2n) is 9.23. The van der Waals surface area contributed by atoms with E-state index in [0.717, 1.165) is 36.1 Å². The molecule has 0 atom stereocenters. The van der Waals surface area contributed by atoms with Gasteiger partial charge in [-0.05, 0) is 74.1 Å². The molecule has 214 valence electrons. The zero-order valence-corrected chi connectivity index (χ0v) is 25.0. The monoisotopic (exact) mass is 612 g/mol. The van der Waals surface area contributed by atoms with Crippen LogP contribution in [0.1, 0.15) is 51.9 Å². The number of fused-ring (bicyclic) bond motifs is 1. The van der Waals surface area contributed by atoms with E-state index in [1.54, 1.807) is 49.6 Å². The number of thiocarbonyl (C=S) groups is 1. The third-order valence-electron chi connectivity index (χ3n) is 6.52. The van der Waals surface area contributed by atoms with Crippen molar-refractivity contribution in [1.82, 2.24) is 4.90 Å². The fourth-order valence-electron chi connectivity index (χ4n) is 4.62. The van der Waals surface area contributed by atoms with Crippen LogP contribution in [0.2, 0.25) is 0 Å². The lowest BCUT2D eigenvalue weighted by molar-refractivity contribution is -0.122. The summed E-state index contributed by atoms with van der Waals surface area (Å²) in [6.07, 6.45) is 7.03. The topological polar surface area (TPSA) is 107 Å². The number of hydrogen-bond acceptors (Lipinski definition) is 10. The number of anilines is 1. The lowest BCUT2D eigenvalue weighted by atomic mass is 9.95. The van der Waals surface area contributed by atoms with Crippen LogP contribution in [-0.2, 0) is 33.7 Å². The fourth-order valence-corrected chi connectivity index (χ4v) is 7.17. The molecule has 2 aliphatic rings. The number of ether oxygens (including phenoxy) is 3. The molecule has 2 amide bonds. The highest BCUT2D eigenvalue weighted by molar-refractivity contribution is 8.26. The van der Waals surface area contributed by atoms with Crippen LogP contribution in [0.5, 0.6) is 11.5 Å². The highest BCUT2D eigenvalue weighted by Gasteiger charge is 2.33. The third kappa shape index (κ3) is 6.50. The van der Waals surface area contributed by atoms with Crippen LogP contribution in [0.25, 0.3) is 6.08 Å². The van der Waals surface area contributed by atoms with Gasteiger partial charge in [0, 0.05) is 4.88 Å². The van der Waals surface area contributed by atoms with Gasteiger partial charge in [0.1, 0.15) is 15.1 Å². The first-order chi connectivity index (χ1) is 19.9. The number of nitrogens with zero attached hydrogens (tertiary/aromatic N) is 1. The van der Waals surface area contributed by atoms with Gasteiger partial charge >= 0.3 is 5.97 Å². The van der Waals surface area contributed by atoms with E-state index in [0.29, 0.717) is 42.6 Å². The number of furan rings is 1. The van der Waals surface area contributed by atoms with Crippen molar-refractivity contribution in [3.63, 3.8) is 0 Å². The van der Waals surface area contributed by atoms with Crippen LogP contribution in [-0.4, -0.2) is 47.3 Å². The van der Waals surface area contributed by atoms with Crippen molar-refractivity contribution in [2.75, 3.05) is 25.6 Å². The molecule has 1 aromatic carbocycles. The van der Waals surface area contributed by atoms with Gasteiger partial charge in [0.05, 0.1) is 37.0 Å². The van der Waals surface area contributed by atoms with Crippen molar-refractivity contribution < 1.29 is 33.0 Å². The van der Waals surface area contributed by atoms with Crippen molar-refractivity contribution in [1.29, 1.82) is 0 Å². The number of rotatable bonds is 10. The summed E-state index contributed by atoms with van der Waals surface area (Å²) >= 11 is 8.04. The predicted molar refractivity (Wildman–Crippen MR) is 161 cm³/mol. The molecule has 9 nitrogen and oxygen atoms in total. The Morgan fingerprint density at radius 1 is 1.20 bits per heavy atom. The van der Waals surface area contributed by atoms with Gasteiger partial charge < -0.3 is 23.9 Å². The molecule has 3 aromatic rings. The number of thioether (sulfide) groups is 1. The second-order valence-corrected chi connectivity index (χ2v) is 12.0. The summed E-state index contributed by atoms with van der Waals surface area (Å²) in [5, 5.41) is 3.34. The summed E-state index contributed by atoms with van der Waals surface area (Å²) in [7, 11) is 1.50. The Hall–Kier alpha value is -3.61. The highest BCUT2D eigenvalue weighted by atomic mass is 32.2. The van der Waals surface area contributed by atoms with E-state index < -0.39 is 11.9 Å². The molecule has 0 spiro atoms. The normalized spacial score (nSPS) is 15.7. The number of hydrogen-bond donors (Lipinski definition) is 1. The number of amides is 2. The summed E-state index contributed by atoms with van der Waals surface area (Å²) in [6, 6.07) is 8.71. The van der Waals surface area contributed by atoms with Crippen LogP contribution in [0.15, 0.2) is 45.9 Å². The molecule has 1 saturated heterocycles. The molecule has 3 heterocycles. The Kier molecular flexibility index (Phi) is 9.11. The first kappa shape index (κ1) is 28.9. The summed E-state index contributed by atoms with van der Waals surface area (Å²) in [6.45, 7) is 2.00. The van der Waals surface area contributed by atoms with E-state index in [4.69, 9.17) is 30.8 Å². The van der Waals surface area contributed by atoms with Gasteiger partial charge in [0.25, 0.3) is 11.8 Å². The predicted octanol–water partition coefficient (Wildman–Crippen LogP) is 5.82. The van der Waals surface area contributed by atoms with Gasteiger partial charge in [-0.2, -0.15) is 0 Å². The molecular formula is C29H28N2O7S3. The Labute approximate surface area is 250 Å². The molecule has 0 unspecified atom stereocenters. The number of carbonyl (C=O) groups is 3. The maximum absolute atomic E-state index is 12.9. The minimum absolute atomic E-state index is 0.204. The number of nitrogens with one attached hydrogen (secondary N) is 1. The Morgan fingerprint density at radius 3 is 2.78 bits per heavy atom. The zero-order valence-electron chi connectivity index (χ0n) is 22.5. The molecule has 1 aliphatic heterocycles. The first-order valence-electron chi connectivity index (χ1n) is 13.1. The van der Waals surface area contributed by atoms with Gasteiger partial charge in [0.2, 0.25) is 0 Å². The van der Waals surface area contributed by atoms with Crippen molar-refractivity contribution in [2.45, 2.75) is 39.2 Å². The molecule has 0 saturated carbocycles. The van der Waals surface area contributed by atoms with Crippen LogP contribution >= 0.6 is 35.3 Å². The van der Waals surface area contributed by atoms with Crippen LogP contribution in [0.4, 0.5) is 5.00 Å². The SMILES string of the molecule is CCOC(=O)c1c(NC(=O)COc2ccc(/C=C3\SC(=S)N(Cc4ccco4)C3=O)cc2OC)sc2c1CCCC2. The molecule has 0 radical (unpaired) electrons. The van der Waals surface area contributed by atoms with Crippen LogP contribution in [0.3, 0.4) is 0 Å². The minimum Gasteiger partial charge on any atom is -0.493 e. The van der Waals surface area contributed by atoms with Crippen molar-refractivity contribution in [2.24, 2.45) is 0 Å². The number of esters is 1. The zero-order chi connectivity index (χ0) is 28.9. The Morgan fingerprint density at radius 2 is 2.02 bits per heavy atom. The largest absolute Gasteiger partial charge is 0.493 e. The van der Waals surface area contributed by atoms with Crippen molar-refractivity contribution in [3.05, 3.63) is 68.8 Å². The molecule has 12 heteroatoms. The summed E-state index contributed by atoms with van der Waals surface area (Å²) in [5.41, 5.74) is 2.14. The third-order valence-corrected chi connectivity index (χ3v) is 9.10. The van der Waals surface area contributed by atoms with E-state index in [2.05, 4.69) is 5.32 Å². The van der Waals surface area contributed by atoms with Gasteiger partial charge in [-0.1, -0.05) is 30.0 Å². The molecular weight excluding hydrogens is 585 g/mol. The molecule has 1 aliphatic carbocycles. The second kappa shape index (κ2) is 12.9. The average Bonchev–Trinajstić information content (AvgIpc) is 3.67. The van der Waals surface area contributed by atoms with Crippen LogP contribution < -0.4 is 14.8 Å². The molecule has 1 fully saturated rings. The number of thiophene rings is 1. The van der Waals surface area contributed by atoms with Crippen molar-refractivity contribution >= 4 is 68.5 Å². The quantitative estimate of drug-likeness (QED) is 0.172. The fraction of sp³-hybridized carbons (Fsp3) is 0.310. The first-order valence-corrected chi connectivity index (χ1v) is 15.1. The maximum atomic E-state index is 12.9. The summed E-state index contributed by atoms with van der Waals surface area (Å²) in [5.74, 6) is 0.381. The van der Waals surface area contributed by atoms with Crippen LogP contribution in [0, 0.1) is 0 Å². The lowest BCUT2D eigenvalue weighted by Crippen LogP contribution is -2.27. The smallest absolute Gasteiger partial charge is 0.341 e. The maximum Gasteiger partial charge on any atom is 0.341 e. The highest BCUT2D eigenvalue weighted by Crippen LogP contribution is 2.39. The van der Waals surface area contributed by atoms with Gasteiger partial charge in [0.15, 0.2) is 18.1 Å². The molecule has 5 rings (SSSR count). The number of methoxy groups -OCH3 is 1. The number of carbonyl (C=O) groups excluding carboxylic acids is 3. The van der Waals surface area contributed by atoms with Gasteiger partial charge in [-0.3, -0.25) is 14.5 Å². The number of aryl methyl sites for hydroxylation is 1.